The highest BCUT2D eigenvalue weighted by Crippen LogP contribution is 2.28. The number of hydrogen-bond acceptors (Lipinski definition) is 5. The van der Waals surface area contributed by atoms with Gasteiger partial charge in [0, 0.05) is 49.5 Å². The first kappa shape index (κ1) is 19.7. The van der Waals surface area contributed by atoms with E-state index in [1.165, 1.54) is 18.5 Å². The Morgan fingerprint density at radius 1 is 0.621 bits per heavy atom. The van der Waals surface area contributed by atoms with E-state index >= 15 is 0 Å². The number of hydrogen-bond donors (Lipinski definition) is 2. The molecule has 0 aromatic carbocycles. The van der Waals surface area contributed by atoms with Gasteiger partial charge in [0.2, 0.25) is 0 Å². The van der Waals surface area contributed by atoms with Crippen LogP contribution < -0.4 is 10.6 Å². The molecule has 150 valence electrons. The quantitative estimate of drug-likeness (QED) is 0.619. The van der Waals surface area contributed by atoms with E-state index in [4.69, 9.17) is 0 Å². The van der Waals surface area contributed by atoms with Gasteiger partial charge in [-0.25, -0.2) is 0 Å². The Bertz CT molecular complexity index is 789. The first-order chi connectivity index (χ1) is 14.3. The van der Waals surface area contributed by atoms with Gasteiger partial charge < -0.3 is 10.6 Å². The van der Waals surface area contributed by atoms with Crippen molar-refractivity contribution >= 4 is 0 Å². The van der Waals surface area contributed by atoms with E-state index in [1.807, 2.05) is 48.9 Å². The van der Waals surface area contributed by atoms with Crippen molar-refractivity contribution < 1.29 is 0 Å². The summed E-state index contributed by atoms with van der Waals surface area (Å²) >= 11 is 0. The van der Waals surface area contributed by atoms with Gasteiger partial charge in [-0.05, 0) is 68.0 Å². The third-order valence-corrected chi connectivity index (χ3v) is 5.62. The normalized spacial score (nSPS) is 21.7. The van der Waals surface area contributed by atoms with Crippen LogP contribution in [0.15, 0.2) is 73.2 Å². The fourth-order valence-corrected chi connectivity index (χ4v) is 4.25. The smallest absolute Gasteiger partial charge is 0.0541 e. The third-order valence-electron chi connectivity index (χ3n) is 5.62. The summed E-state index contributed by atoms with van der Waals surface area (Å²) < 4.78 is 0. The summed E-state index contributed by atoms with van der Waals surface area (Å²) in [6, 6.07) is 19.3. The molecule has 2 unspecified atom stereocenters. The fourth-order valence-electron chi connectivity index (χ4n) is 4.25. The van der Waals surface area contributed by atoms with E-state index in [9.17, 15) is 0 Å². The molecule has 1 saturated carbocycles. The van der Waals surface area contributed by atoms with Crippen LogP contribution in [0.2, 0.25) is 0 Å². The Kier molecular flexibility index (Phi) is 6.94. The van der Waals surface area contributed by atoms with Crippen molar-refractivity contribution in [3.05, 3.63) is 90.3 Å². The molecule has 2 N–H and O–H groups in total. The number of rotatable bonds is 8. The number of aromatic nitrogens is 3. The summed E-state index contributed by atoms with van der Waals surface area (Å²) in [5.74, 6) is 0.612. The molecular weight excluding hydrogens is 358 g/mol. The van der Waals surface area contributed by atoms with Gasteiger partial charge in [0.1, 0.15) is 0 Å². The minimum atomic E-state index is 0.473. The van der Waals surface area contributed by atoms with Crippen LogP contribution >= 0.6 is 0 Å². The number of nitrogens with zero attached hydrogens (tertiary/aromatic N) is 3. The predicted octanol–water partition coefficient (Wildman–Crippen LogP) is 3.53. The van der Waals surface area contributed by atoms with Crippen molar-refractivity contribution in [2.45, 2.75) is 50.9 Å². The molecule has 5 nitrogen and oxygen atoms in total. The van der Waals surface area contributed by atoms with Crippen molar-refractivity contribution in [2.75, 3.05) is 0 Å². The lowest BCUT2D eigenvalue weighted by Crippen LogP contribution is -2.45. The molecule has 0 amide bonds. The lowest BCUT2D eigenvalue weighted by molar-refractivity contribution is 0.227. The number of pyridine rings is 3. The average Bonchev–Trinajstić information content (AvgIpc) is 2.78. The molecule has 0 spiro atoms. The van der Waals surface area contributed by atoms with Crippen molar-refractivity contribution in [1.29, 1.82) is 0 Å². The molecule has 0 bridgehead atoms. The second kappa shape index (κ2) is 10.2. The van der Waals surface area contributed by atoms with E-state index in [1.54, 1.807) is 0 Å². The van der Waals surface area contributed by atoms with Crippen LogP contribution in [0.3, 0.4) is 0 Å². The summed E-state index contributed by atoms with van der Waals surface area (Å²) in [7, 11) is 0. The van der Waals surface area contributed by atoms with Gasteiger partial charge >= 0.3 is 0 Å². The summed E-state index contributed by atoms with van der Waals surface area (Å²) in [6.07, 6.45) is 10.1. The summed E-state index contributed by atoms with van der Waals surface area (Å²) in [4.78, 5) is 13.4. The molecule has 29 heavy (non-hydrogen) atoms. The van der Waals surface area contributed by atoms with Crippen LogP contribution in [0.5, 0.6) is 0 Å². The van der Waals surface area contributed by atoms with E-state index in [2.05, 4.69) is 49.9 Å². The van der Waals surface area contributed by atoms with Crippen LogP contribution in [0.25, 0.3) is 0 Å². The molecule has 0 aliphatic heterocycles. The van der Waals surface area contributed by atoms with Crippen LogP contribution in [-0.2, 0) is 19.5 Å². The SMILES string of the molecule is c1ccc(CNC2CC(Cc3ccccn3)CC(NCc3ccccn3)C2)nc1. The molecule has 5 heteroatoms. The van der Waals surface area contributed by atoms with Crippen molar-refractivity contribution in [3.63, 3.8) is 0 Å². The molecular formula is C24H29N5. The summed E-state index contributed by atoms with van der Waals surface area (Å²) in [5, 5.41) is 7.49. The van der Waals surface area contributed by atoms with Crippen LogP contribution in [0, 0.1) is 5.92 Å². The number of nitrogens with one attached hydrogen (secondary N) is 2. The Balaban J connectivity index is 1.38. The molecule has 1 fully saturated rings. The van der Waals surface area contributed by atoms with E-state index in [0.29, 0.717) is 18.0 Å². The highest BCUT2D eigenvalue weighted by Gasteiger charge is 2.29. The molecule has 2 atom stereocenters. The van der Waals surface area contributed by atoms with Gasteiger partial charge in [0.05, 0.1) is 11.4 Å². The molecule has 3 heterocycles. The van der Waals surface area contributed by atoms with Crippen LogP contribution in [0.4, 0.5) is 0 Å². The van der Waals surface area contributed by atoms with Gasteiger partial charge in [0.15, 0.2) is 0 Å². The Morgan fingerprint density at radius 3 is 1.55 bits per heavy atom. The van der Waals surface area contributed by atoms with Crippen LogP contribution in [-0.4, -0.2) is 27.0 Å². The zero-order valence-corrected chi connectivity index (χ0v) is 16.7. The van der Waals surface area contributed by atoms with Gasteiger partial charge in [0.25, 0.3) is 0 Å². The van der Waals surface area contributed by atoms with Crippen LogP contribution in [0.1, 0.15) is 36.3 Å². The molecule has 1 aliphatic carbocycles. The Labute approximate surface area is 173 Å². The molecule has 1 aliphatic rings. The molecule has 0 saturated heterocycles. The van der Waals surface area contributed by atoms with E-state index in [-0.39, 0.29) is 0 Å². The first-order valence-corrected chi connectivity index (χ1v) is 10.5. The molecule has 3 aromatic rings. The standard InChI is InChI=1S/C24H29N5/c1-4-10-25-20(7-1)13-19-14-23(28-17-21-8-2-5-11-26-21)16-24(15-19)29-18-22-9-3-6-12-27-22/h1-12,19,23-24,28-29H,13-18H2. The lowest BCUT2D eigenvalue weighted by Gasteiger charge is -2.36. The summed E-state index contributed by atoms with van der Waals surface area (Å²) in [6.45, 7) is 1.63. The topological polar surface area (TPSA) is 62.7 Å². The molecule has 0 radical (unpaired) electrons. The summed E-state index contributed by atoms with van der Waals surface area (Å²) in [5.41, 5.74) is 3.38. The maximum atomic E-state index is 4.55. The predicted molar refractivity (Wildman–Crippen MR) is 115 cm³/mol. The Morgan fingerprint density at radius 2 is 1.10 bits per heavy atom. The van der Waals surface area contributed by atoms with Gasteiger partial charge in [-0.3, -0.25) is 15.0 Å². The maximum absolute atomic E-state index is 4.55. The fraction of sp³-hybridized carbons (Fsp3) is 0.375. The third kappa shape index (κ3) is 6.17. The van der Waals surface area contributed by atoms with Gasteiger partial charge in [-0.1, -0.05) is 18.2 Å². The second-order valence-electron chi connectivity index (χ2n) is 7.90. The Hall–Kier alpha value is -2.63. The minimum Gasteiger partial charge on any atom is -0.308 e. The van der Waals surface area contributed by atoms with E-state index in [0.717, 1.165) is 37.3 Å². The zero-order valence-electron chi connectivity index (χ0n) is 16.7. The van der Waals surface area contributed by atoms with Crippen molar-refractivity contribution in [1.82, 2.24) is 25.6 Å². The van der Waals surface area contributed by atoms with E-state index < -0.39 is 0 Å². The first-order valence-electron chi connectivity index (χ1n) is 10.5. The monoisotopic (exact) mass is 387 g/mol. The molecule has 4 rings (SSSR count). The van der Waals surface area contributed by atoms with Gasteiger partial charge in [-0.15, -0.1) is 0 Å². The average molecular weight is 388 g/mol. The largest absolute Gasteiger partial charge is 0.308 e. The van der Waals surface area contributed by atoms with Gasteiger partial charge in [-0.2, -0.15) is 0 Å². The highest BCUT2D eigenvalue weighted by atomic mass is 15.0. The lowest BCUT2D eigenvalue weighted by atomic mass is 9.80. The maximum Gasteiger partial charge on any atom is 0.0541 e. The second-order valence-corrected chi connectivity index (χ2v) is 7.90. The highest BCUT2D eigenvalue weighted by molar-refractivity contribution is 5.07. The minimum absolute atomic E-state index is 0.473. The zero-order chi connectivity index (χ0) is 19.7. The van der Waals surface area contributed by atoms with Crippen molar-refractivity contribution in [2.24, 2.45) is 5.92 Å². The van der Waals surface area contributed by atoms with Crippen molar-refractivity contribution in [3.8, 4) is 0 Å². The molecule has 3 aromatic heterocycles.